The average molecular weight is 306 g/mol. The van der Waals surface area contributed by atoms with Crippen LogP contribution in [0.25, 0.3) is 5.69 Å². The summed E-state index contributed by atoms with van der Waals surface area (Å²) in [5.41, 5.74) is -1.47. The number of hydrogen-bond acceptors (Lipinski definition) is 4. The molecule has 0 saturated heterocycles. The second-order valence-electron chi connectivity index (χ2n) is 3.70. The standard InChI is InChI=1S/C11H7ClF3N3O2/c1-20-10(19)8-5-18(17-16-8)9-3-2-6(12)4-7(9)11(13,14)15/h2-5H,1H3. The molecule has 5 nitrogen and oxygen atoms in total. The third kappa shape index (κ3) is 2.74. The van der Waals surface area contributed by atoms with Crippen LogP contribution in [0.4, 0.5) is 13.2 Å². The summed E-state index contributed by atoms with van der Waals surface area (Å²) in [5.74, 6) is -0.793. The Labute approximate surface area is 115 Å². The van der Waals surface area contributed by atoms with Gasteiger partial charge in [-0.25, -0.2) is 9.48 Å². The van der Waals surface area contributed by atoms with E-state index in [1.807, 2.05) is 0 Å². The summed E-state index contributed by atoms with van der Waals surface area (Å²) < 4.78 is 44.0. The Kier molecular flexibility index (Phi) is 3.67. The van der Waals surface area contributed by atoms with Gasteiger partial charge < -0.3 is 4.74 Å². The molecule has 0 bridgehead atoms. The molecule has 0 aliphatic rings. The number of halogens is 4. The quantitative estimate of drug-likeness (QED) is 0.801. The molecule has 106 valence electrons. The summed E-state index contributed by atoms with van der Waals surface area (Å²) in [6, 6.07) is 3.20. The van der Waals surface area contributed by atoms with Crippen LogP contribution in [-0.4, -0.2) is 28.1 Å². The van der Waals surface area contributed by atoms with Crippen LogP contribution in [0, 0.1) is 0 Å². The van der Waals surface area contributed by atoms with Crippen LogP contribution in [0.2, 0.25) is 5.02 Å². The summed E-state index contributed by atoms with van der Waals surface area (Å²) in [4.78, 5) is 11.2. The van der Waals surface area contributed by atoms with Gasteiger partial charge in [0.15, 0.2) is 5.69 Å². The lowest BCUT2D eigenvalue weighted by Gasteiger charge is -2.12. The van der Waals surface area contributed by atoms with E-state index < -0.39 is 17.7 Å². The lowest BCUT2D eigenvalue weighted by Crippen LogP contribution is -2.11. The summed E-state index contributed by atoms with van der Waals surface area (Å²) in [6.07, 6.45) is -3.57. The van der Waals surface area contributed by atoms with Crippen molar-refractivity contribution in [3.05, 3.63) is 40.7 Å². The lowest BCUT2D eigenvalue weighted by molar-refractivity contribution is -0.137. The lowest BCUT2D eigenvalue weighted by atomic mass is 10.1. The van der Waals surface area contributed by atoms with Gasteiger partial charge in [-0.15, -0.1) is 5.10 Å². The maximum Gasteiger partial charge on any atom is 0.418 e. The van der Waals surface area contributed by atoms with Crippen molar-refractivity contribution in [1.82, 2.24) is 15.0 Å². The predicted octanol–water partition coefficient (Wildman–Crippen LogP) is 2.73. The zero-order chi connectivity index (χ0) is 14.9. The van der Waals surface area contributed by atoms with E-state index in [0.29, 0.717) is 0 Å². The molecule has 1 aromatic carbocycles. The van der Waals surface area contributed by atoms with E-state index in [-0.39, 0.29) is 16.4 Å². The molecule has 0 aliphatic carbocycles. The van der Waals surface area contributed by atoms with Crippen LogP contribution in [0.5, 0.6) is 0 Å². The Morgan fingerprint density at radius 3 is 2.70 bits per heavy atom. The fraction of sp³-hybridized carbons (Fsp3) is 0.182. The first-order valence-electron chi connectivity index (χ1n) is 5.20. The highest BCUT2D eigenvalue weighted by Gasteiger charge is 2.34. The van der Waals surface area contributed by atoms with Crippen molar-refractivity contribution < 1.29 is 22.7 Å². The summed E-state index contributed by atoms with van der Waals surface area (Å²) in [5, 5.41) is 6.87. The molecule has 2 aromatic rings. The minimum Gasteiger partial charge on any atom is -0.464 e. The smallest absolute Gasteiger partial charge is 0.418 e. The summed E-state index contributed by atoms with van der Waals surface area (Å²) in [7, 11) is 1.13. The molecule has 0 radical (unpaired) electrons. The number of carbonyl (C=O) groups is 1. The van der Waals surface area contributed by atoms with Gasteiger partial charge in [0.05, 0.1) is 24.6 Å². The van der Waals surface area contributed by atoms with Crippen LogP contribution < -0.4 is 0 Å². The van der Waals surface area contributed by atoms with E-state index in [0.717, 1.165) is 30.1 Å². The van der Waals surface area contributed by atoms with E-state index in [1.165, 1.54) is 6.07 Å². The number of esters is 1. The monoisotopic (exact) mass is 305 g/mol. The van der Waals surface area contributed by atoms with Gasteiger partial charge in [0.25, 0.3) is 0 Å². The maximum atomic E-state index is 12.9. The fourth-order valence-corrected chi connectivity index (χ4v) is 1.69. The molecule has 0 unspecified atom stereocenters. The molecule has 0 saturated carbocycles. The number of benzene rings is 1. The molecule has 0 spiro atoms. The Morgan fingerprint density at radius 1 is 1.40 bits per heavy atom. The van der Waals surface area contributed by atoms with Gasteiger partial charge in [-0.1, -0.05) is 16.8 Å². The van der Waals surface area contributed by atoms with Crippen molar-refractivity contribution in [3.8, 4) is 5.69 Å². The van der Waals surface area contributed by atoms with Crippen molar-refractivity contribution in [2.45, 2.75) is 6.18 Å². The molecule has 20 heavy (non-hydrogen) atoms. The molecule has 0 amide bonds. The molecule has 1 heterocycles. The molecule has 1 aromatic heterocycles. The van der Waals surface area contributed by atoms with Crippen LogP contribution in [0.3, 0.4) is 0 Å². The maximum absolute atomic E-state index is 12.9. The molecule has 0 atom stereocenters. The van der Waals surface area contributed by atoms with Crippen LogP contribution in [0.15, 0.2) is 24.4 Å². The molecule has 2 rings (SSSR count). The van der Waals surface area contributed by atoms with Crippen molar-refractivity contribution in [1.29, 1.82) is 0 Å². The number of ether oxygens (including phenoxy) is 1. The highest BCUT2D eigenvalue weighted by Crippen LogP contribution is 2.35. The van der Waals surface area contributed by atoms with E-state index in [2.05, 4.69) is 15.0 Å². The Bertz CT molecular complexity index is 655. The summed E-state index contributed by atoms with van der Waals surface area (Å²) in [6.45, 7) is 0. The number of rotatable bonds is 2. The number of methoxy groups -OCH3 is 1. The number of nitrogens with zero attached hydrogens (tertiary/aromatic N) is 3. The number of hydrogen-bond donors (Lipinski definition) is 0. The highest BCUT2D eigenvalue weighted by molar-refractivity contribution is 6.30. The largest absolute Gasteiger partial charge is 0.464 e. The average Bonchev–Trinajstić information content (AvgIpc) is 2.86. The molecule has 0 fully saturated rings. The zero-order valence-electron chi connectivity index (χ0n) is 9.98. The van der Waals surface area contributed by atoms with Gasteiger partial charge in [-0.05, 0) is 18.2 Å². The first-order valence-corrected chi connectivity index (χ1v) is 5.58. The van der Waals surface area contributed by atoms with E-state index >= 15 is 0 Å². The third-order valence-electron chi connectivity index (χ3n) is 2.40. The van der Waals surface area contributed by atoms with Crippen LogP contribution in [0.1, 0.15) is 16.1 Å². The van der Waals surface area contributed by atoms with Gasteiger partial charge in [0.2, 0.25) is 0 Å². The normalized spacial score (nSPS) is 11.4. The van der Waals surface area contributed by atoms with Gasteiger partial charge in [0.1, 0.15) is 0 Å². The van der Waals surface area contributed by atoms with Gasteiger partial charge >= 0.3 is 12.1 Å². The number of aromatic nitrogens is 3. The Balaban J connectivity index is 2.53. The topological polar surface area (TPSA) is 57.0 Å². The minimum absolute atomic E-state index is 0.0608. The molecular formula is C11H7ClF3N3O2. The second kappa shape index (κ2) is 5.12. The second-order valence-corrected chi connectivity index (χ2v) is 4.14. The first kappa shape index (κ1) is 14.3. The van der Waals surface area contributed by atoms with Gasteiger partial charge in [0, 0.05) is 5.02 Å². The SMILES string of the molecule is COC(=O)c1cn(-c2ccc(Cl)cc2C(F)(F)F)nn1. The zero-order valence-corrected chi connectivity index (χ0v) is 10.7. The molecular weight excluding hydrogens is 299 g/mol. The van der Waals surface area contributed by atoms with Crippen LogP contribution >= 0.6 is 11.6 Å². The Hall–Kier alpha value is -2.09. The van der Waals surface area contributed by atoms with Gasteiger partial charge in [-0.2, -0.15) is 13.2 Å². The van der Waals surface area contributed by atoms with Gasteiger partial charge in [-0.3, -0.25) is 0 Å². The van der Waals surface area contributed by atoms with E-state index in [4.69, 9.17) is 11.6 Å². The van der Waals surface area contributed by atoms with E-state index in [9.17, 15) is 18.0 Å². The fourth-order valence-electron chi connectivity index (χ4n) is 1.51. The number of carbonyl (C=O) groups excluding carboxylic acids is 1. The highest BCUT2D eigenvalue weighted by atomic mass is 35.5. The molecule has 9 heteroatoms. The van der Waals surface area contributed by atoms with E-state index in [1.54, 1.807) is 0 Å². The molecule has 0 N–H and O–H groups in total. The van der Waals surface area contributed by atoms with Crippen molar-refractivity contribution in [3.63, 3.8) is 0 Å². The van der Waals surface area contributed by atoms with Crippen molar-refractivity contribution in [2.24, 2.45) is 0 Å². The third-order valence-corrected chi connectivity index (χ3v) is 2.63. The Morgan fingerprint density at radius 2 is 2.10 bits per heavy atom. The molecule has 0 aliphatic heterocycles. The first-order chi connectivity index (χ1) is 9.32. The van der Waals surface area contributed by atoms with Crippen molar-refractivity contribution >= 4 is 17.6 Å². The summed E-state index contributed by atoms with van der Waals surface area (Å²) >= 11 is 5.57. The minimum atomic E-state index is -4.61. The predicted molar refractivity (Wildman–Crippen MR) is 62.7 cm³/mol. The van der Waals surface area contributed by atoms with Crippen molar-refractivity contribution in [2.75, 3.05) is 7.11 Å². The van der Waals surface area contributed by atoms with Crippen LogP contribution in [-0.2, 0) is 10.9 Å². The number of alkyl halides is 3.